The fourth-order valence-corrected chi connectivity index (χ4v) is 1.92. The second-order valence-corrected chi connectivity index (χ2v) is 4.62. The van der Waals surface area contributed by atoms with Crippen LogP contribution < -0.4 is 11.1 Å². The molecule has 0 radical (unpaired) electrons. The maximum absolute atomic E-state index is 12.2. The molecule has 1 amide bonds. The lowest BCUT2D eigenvalue weighted by Crippen LogP contribution is -2.52. The first kappa shape index (κ1) is 14.5. The molecule has 0 aliphatic heterocycles. The van der Waals surface area contributed by atoms with Crippen LogP contribution in [0.1, 0.15) is 42.6 Å². The fraction of sp³-hybridized carbons (Fsp3) is 0.500. The van der Waals surface area contributed by atoms with Crippen molar-refractivity contribution in [3.63, 3.8) is 0 Å². The third kappa shape index (κ3) is 2.82. The second-order valence-electron chi connectivity index (χ2n) is 4.62. The highest BCUT2D eigenvalue weighted by Crippen LogP contribution is 2.23. The smallest absolute Gasteiger partial charge is 0.255 e. The zero-order valence-electron chi connectivity index (χ0n) is 11.3. The molecule has 0 aliphatic rings. The molecule has 100 valence electrons. The van der Waals surface area contributed by atoms with Gasteiger partial charge >= 0.3 is 0 Å². The third-order valence-electron chi connectivity index (χ3n) is 3.61. The summed E-state index contributed by atoms with van der Waals surface area (Å²) in [7, 11) is 0. The molecule has 0 saturated carbocycles. The largest absolute Gasteiger partial charge is 0.507 e. The molecule has 0 aliphatic carbocycles. The Balaban J connectivity index is 2.98. The number of rotatable bonds is 5. The molecule has 4 N–H and O–H groups in total. The average molecular weight is 250 g/mol. The first-order chi connectivity index (χ1) is 8.49. The lowest BCUT2D eigenvalue weighted by Gasteiger charge is -2.31. The molecular formula is C14H22N2O2. The van der Waals surface area contributed by atoms with Crippen LogP contribution in [0.2, 0.25) is 0 Å². The summed E-state index contributed by atoms with van der Waals surface area (Å²) < 4.78 is 0. The van der Waals surface area contributed by atoms with Gasteiger partial charge in [0, 0.05) is 6.54 Å². The minimum atomic E-state index is -0.396. The predicted molar refractivity (Wildman–Crippen MR) is 72.7 cm³/mol. The topological polar surface area (TPSA) is 75.3 Å². The van der Waals surface area contributed by atoms with E-state index in [1.807, 2.05) is 13.8 Å². The molecule has 0 saturated heterocycles. The van der Waals surface area contributed by atoms with E-state index in [0.717, 1.165) is 12.8 Å². The molecule has 0 unspecified atom stereocenters. The number of nitrogens with two attached hydrogens (primary N) is 1. The number of carbonyl (C=O) groups is 1. The molecule has 1 aromatic rings. The Labute approximate surface area is 108 Å². The molecule has 4 nitrogen and oxygen atoms in total. The summed E-state index contributed by atoms with van der Waals surface area (Å²) in [6.07, 6.45) is 1.52. The molecule has 18 heavy (non-hydrogen) atoms. The van der Waals surface area contributed by atoms with Crippen molar-refractivity contribution in [2.75, 3.05) is 6.54 Å². The summed E-state index contributed by atoms with van der Waals surface area (Å²) in [6, 6.07) is 5.14. The monoisotopic (exact) mass is 250 g/mol. The van der Waals surface area contributed by atoms with E-state index in [9.17, 15) is 9.90 Å². The average Bonchev–Trinajstić information content (AvgIpc) is 2.39. The number of phenols is 1. The molecular weight excluding hydrogens is 228 g/mol. The quantitative estimate of drug-likeness (QED) is 0.747. The summed E-state index contributed by atoms with van der Waals surface area (Å²) in [5.41, 5.74) is 6.34. The van der Waals surface area contributed by atoms with Crippen LogP contribution in [0.15, 0.2) is 18.2 Å². The molecule has 4 heteroatoms. The SMILES string of the molecule is CCC(CC)(CN)NC(=O)c1cccc(C)c1O. The van der Waals surface area contributed by atoms with Gasteiger partial charge in [-0.2, -0.15) is 0 Å². The van der Waals surface area contributed by atoms with Gasteiger partial charge in [0.15, 0.2) is 0 Å². The van der Waals surface area contributed by atoms with Crippen LogP contribution in [0.25, 0.3) is 0 Å². The van der Waals surface area contributed by atoms with Gasteiger partial charge in [-0.15, -0.1) is 0 Å². The second kappa shape index (κ2) is 5.87. The Morgan fingerprint density at radius 3 is 2.50 bits per heavy atom. The number of para-hydroxylation sites is 1. The van der Waals surface area contributed by atoms with Gasteiger partial charge in [-0.25, -0.2) is 0 Å². The van der Waals surface area contributed by atoms with Crippen molar-refractivity contribution < 1.29 is 9.90 Å². The predicted octanol–water partition coefficient (Wildman–Crippen LogP) is 1.95. The maximum Gasteiger partial charge on any atom is 0.255 e. The van der Waals surface area contributed by atoms with Crippen molar-refractivity contribution in [1.82, 2.24) is 5.32 Å². The number of aromatic hydroxyl groups is 1. The highest BCUT2D eigenvalue weighted by molar-refractivity contribution is 5.97. The Bertz CT molecular complexity index is 418. The Morgan fingerprint density at radius 2 is 2.00 bits per heavy atom. The number of phenolic OH excluding ortho intramolecular Hbond substituents is 1. The van der Waals surface area contributed by atoms with Gasteiger partial charge in [0.1, 0.15) is 5.75 Å². The number of carbonyl (C=O) groups excluding carboxylic acids is 1. The molecule has 1 aromatic carbocycles. The fourth-order valence-electron chi connectivity index (χ4n) is 1.92. The standard InChI is InChI=1S/C14H22N2O2/c1-4-14(5-2,9-15)16-13(18)11-8-6-7-10(3)12(11)17/h6-8,17H,4-5,9,15H2,1-3H3,(H,16,18). The van der Waals surface area contributed by atoms with E-state index in [4.69, 9.17) is 5.73 Å². The van der Waals surface area contributed by atoms with Crippen LogP contribution >= 0.6 is 0 Å². The molecule has 0 atom stereocenters. The van der Waals surface area contributed by atoms with E-state index in [-0.39, 0.29) is 11.7 Å². The highest BCUT2D eigenvalue weighted by Gasteiger charge is 2.27. The summed E-state index contributed by atoms with van der Waals surface area (Å²) >= 11 is 0. The van der Waals surface area contributed by atoms with Gasteiger partial charge in [0.25, 0.3) is 5.91 Å². The van der Waals surface area contributed by atoms with Crippen molar-refractivity contribution in [2.45, 2.75) is 39.2 Å². The molecule has 0 aromatic heterocycles. The van der Waals surface area contributed by atoms with E-state index in [1.54, 1.807) is 25.1 Å². The number of nitrogens with one attached hydrogen (secondary N) is 1. The molecule has 0 bridgehead atoms. The minimum absolute atomic E-state index is 0.0353. The van der Waals surface area contributed by atoms with Gasteiger partial charge in [0.05, 0.1) is 11.1 Å². The zero-order valence-corrected chi connectivity index (χ0v) is 11.3. The number of benzene rings is 1. The van der Waals surface area contributed by atoms with Crippen molar-refractivity contribution in [3.05, 3.63) is 29.3 Å². The van der Waals surface area contributed by atoms with E-state index >= 15 is 0 Å². The van der Waals surface area contributed by atoms with Gasteiger partial charge in [0.2, 0.25) is 0 Å². The van der Waals surface area contributed by atoms with Crippen LogP contribution in [0.4, 0.5) is 0 Å². The minimum Gasteiger partial charge on any atom is -0.507 e. The van der Waals surface area contributed by atoms with Crippen molar-refractivity contribution in [2.24, 2.45) is 5.73 Å². The van der Waals surface area contributed by atoms with Crippen LogP contribution in [-0.2, 0) is 0 Å². The number of aryl methyl sites for hydroxylation is 1. The number of hydrogen-bond donors (Lipinski definition) is 3. The summed E-state index contributed by atoms with van der Waals surface area (Å²) in [6.45, 7) is 6.14. The van der Waals surface area contributed by atoms with E-state index in [1.165, 1.54) is 0 Å². The van der Waals surface area contributed by atoms with Crippen molar-refractivity contribution in [1.29, 1.82) is 0 Å². The first-order valence-electron chi connectivity index (χ1n) is 6.30. The molecule has 0 fully saturated rings. The zero-order chi connectivity index (χ0) is 13.8. The summed E-state index contributed by atoms with van der Waals surface area (Å²) in [4.78, 5) is 12.2. The Hall–Kier alpha value is -1.55. The number of hydrogen-bond acceptors (Lipinski definition) is 3. The van der Waals surface area contributed by atoms with Gasteiger partial charge in [-0.1, -0.05) is 26.0 Å². The highest BCUT2D eigenvalue weighted by atomic mass is 16.3. The number of amides is 1. The van der Waals surface area contributed by atoms with Crippen LogP contribution in [-0.4, -0.2) is 23.1 Å². The van der Waals surface area contributed by atoms with Gasteiger partial charge in [-0.3, -0.25) is 4.79 Å². The lowest BCUT2D eigenvalue weighted by atomic mass is 9.92. The van der Waals surface area contributed by atoms with Crippen LogP contribution in [0.3, 0.4) is 0 Å². The van der Waals surface area contributed by atoms with Crippen molar-refractivity contribution >= 4 is 5.91 Å². The Kier molecular flexibility index (Phi) is 4.73. The molecule has 1 rings (SSSR count). The van der Waals surface area contributed by atoms with E-state index in [0.29, 0.717) is 17.7 Å². The molecule has 0 heterocycles. The first-order valence-corrected chi connectivity index (χ1v) is 6.30. The van der Waals surface area contributed by atoms with Crippen molar-refractivity contribution in [3.8, 4) is 5.75 Å². The van der Waals surface area contributed by atoms with E-state index < -0.39 is 5.54 Å². The Morgan fingerprint density at radius 1 is 1.39 bits per heavy atom. The van der Waals surface area contributed by atoms with Crippen LogP contribution in [0.5, 0.6) is 5.75 Å². The lowest BCUT2D eigenvalue weighted by molar-refractivity contribution is 0.0892. The van der Waals surface area contributed by atoms with Gasteiger partial charge < -0.3 is 16.2 Å². The maximum atomic E-state index is 12.2. The molecule has 0 spiro atoms. The van der Waals surface area contributed by atoms with Gasteiger partial charge in [-0.05, 0) is 31.4 Å². The summed E-state index contributed by atoms with van der Waals surface area (Å²) in [5.74, 6) is -0.238. The van der Waals surface area contributed by atoms with Crippen LogP contribution in [0, 0.1) is 6.92 Å². The van der Waals surface area contributed by atoms with E-state index in [2.05, 4.69) is 5.32 Å². The third-order valence-corrected chi connectivity index (χ3v) is 3.61. The normalized spacial score (nSPS) is 11.3. The summed E-state index contributed by atoms with van der Waals surface area (Å²) in [5, 5.41) is 12.8.